The van der Waals surface area contributed by atoms with E-state index >= 15 is 0 Å². The van der Waals surface area contributed by atoms with Crippen LogP contribution in [0.2, 0.25) is 0 Å². The van der Waals surface area contributed by atoms with E-state index < -0.39 is 0 Å². The number of nitrogens with one attached hydrogen (secondary N) is 1. The number of carbonyl (C=O) groups excluding carboxylic acids is 1. The van der Waals surface area contributed by atoms with Crippen molar-refractivity contribution in [2.24, 2.45) is 5.92 Å². The first-order chi connectivity index (χ1) is 9.69. The second kappa shape index (κ2) is 7.47. The molecule has 1 atom stereocenters. The third-order valence-corrected chi connectivity index (χ3v) is 4.63. The zero-order chi connectivity index (χ0) is 14.4. The molecule has 0 heterocycles. The number of hydrogen-bond donors (Lipinski definition) is 1. The van der Waals surface area contributed by atoms with Gasteiger partial charge in [-0.25, -0.2) is 0 Å². The summed E-state index contributed by atoms with van der Waals surface area (Å²) < 4.78 is 0. The van der Waals surface area contributed by atoms with Crippen LogP contribution in [0.5, 0.6) is 0 Å². The number of hydrogen-bond acceptors (Lipinski definition) is 1. The predicted molar refractivity (Wildman–Crippen MR) is 85.0 cm³/mol. The molecule has 2 heteroatoms. The Labute approximate surface area is 123 Å². The normalized spacial score (nSPS) is 17.1. The summed E-state index contributed by atoms with van der Waals surface area (Å²) in [5, 5.41) is 3.01. The third-order valence-electron chi connectivity index (χ3n) is 4.63. The van der Waals surface area contributed by atoms with Crippen molar-refractivity contribution in [3.05, 3.63) is 29.8 Å². The highest BCUT2D eigenvalue weighted by atomic mass is 16.1. The molecule has 0 spiro atoms. The van der Waals surface area contributed by atoms with Crippen LogP contribution in [0.3, 0.4) is 0 Å². The predicted octanol–water partition coefficient (Wildman–Crippen LogP) is 5.11. The van der Waals surface area contributed by atoms with Crippen molar-refractivity contribution in [3.8, 4) is 0 Å². The van der Waals surface area contributed by atoms with Crippen molar-refractivity contribution in [2.45, 2.75) is 64.7 Å². The monoisotopic (exact) mass is 273 g/mol. The van der Waals surface area contributed by atoms with Gasteiger partial charge < -0.3 is 5.32 Å². The van der Waals surface area contributed by atoms with Crippen molar-refractivity contribution < 1.29 is 4.79 Å². The molecule has 1 aliphatic rings. The van der Waals surface area contributed by atoms with Gasteiger partial charge in [-0.3, -0.25) is 4.79 Å². The Bertz CT molecular complexity index is 418. The standard InChI is InChI=1S/C18H27NO/c1-3-14(2)16-9-11-17(12-10-16)19-18(20)13-8-15-6-4-5-7-15/h9-12,14-15H,3-8,13H2,1-2H3,(H,19,20). The average molecular weight is 273 g/mol. The Kier molecular flexibility index (Phi) is 5.63. The Hall–Kier alpha value is -1.31. The van der Waals surface area contributed by atoms with Gasteiger partial charge in [0.25, 0.3) is 0 Å². The van der Waals surface area contributed by atoms with Gasteiger partial charge in [0.05, 0.1) is 0 Å². The maximum absolute atomic E-state index is 11.9. The number of amides is 1. The second-order valence-electron chi connectivity index (χ2n) is 6.17. The number of anilines is 1. The van der Waals surface area contributed by atoms with Crippen molar-refractivity contribution in [3.63, 3.8) is 0 Å². The first kappa shape index (κ1) is 15.1. The smallest absolute Gasteiger partial charge is 0.224 e. The molecule has 0 aliphatic heterocycles. The zero-order valence-corrected chi connectivity index (χ0v) is 12.8. The van der Waals surface area contributed by atoms with E-state index in [2.05, 4.69) is 31.3 Å². The van der Waals surface area contributed by atoms with Crippen molar-refractivity contribution in [1.82, 2.24) is 0 Å². The molecule has 1 unspecified atom stereocenters. The molecule has 1 aromatic carbocycles. The maximum atomic E-state index is 11.9. The summed E-state index contributed by atoms with van der Waals surface area (Å²) in [6.45, 7) is 4.43. The molecule has 110 valence electrons. The van der Waals surface area contributed by atoms with E-state index in [0.29, 0.717) is 12.3 Å². The van der Waals surface area contributed by atoms with E-state index in [1.165, 1.54) is 31.2 Å². The summed E-state index contributed by atoms with van der Waals surface area (Å²) in [6.07, 6.45) is 8.20. The van der Waals surface area contributed by atoms with E-state index in [1.807, 2.05) is 12.1 Å². The molecule has 1 amide bonds. The van der Waals surface area contributed by atoms with Gasteiger partial charge in [-0.15, -0.1) is 0 Å². The van der Waals surface area contributed by atoms with E-state index in [0.717, 1.165) is 24.4 Å². The topological polar surface area (TPSA) is 29.1 Å². The first-order valence-electron chi connectivity index (χ1n) is 8.09. The summed E-state index contributed by atoms with van der Waals surface area (Å²) in [7, 11) is 0. The molecule has 2 rings (SSSR count). The second-order valence-corrected chi connectivity index (χ2v) is 6.17. The lowest BCUT2D eigenvalue weighted by Gasteiger charge is -2.11. The minimum atomic E-state index is 0.160. The highest BCUT2D eigenvalue weighted by molar-refractivity contribution is 5.90. The maximum Gasteiger partial charge on any atom is 0.224 e. The minimum Gasteiger partial charge on any atom is -0.326 e. The largest absolute Gasteiger partial charge is 0.326 e. The Morgan fingerprint density at radius 2 is 1.90 bits per heavy atom. The lowest BCUT2D eigenvalue weighted by Crippen LogP contribution is -2.12. The molecule has 1 N–H and O–H groups in total. The number of rotatable bonds is 6. The van der Waals surface area contributed by atoms with E-state index in [4.69, 9.17) is 0 Å². The molecule has 1 aliphatic carbocycles. The van der Waals surface area contributed by atoms with Gasteiger partial charge in [0.1, 0.15) is 0 Å². The molecule has 2 nitrogen and oxygen atoms in total. The quantitative estimate of drug-likeness (QED) is 0.766. The summed E-state index contributed by atoms with van der Waals surface area (Å²) in [5.74, 6) is 1.53. The van der Waals surface area contributed by atoms with E-state index in [1.54, 1.807) is 0 Å². The fourth-order valence-corrected chi connectivity index (χ4v) is 2.99. The van der Waals surface area contributed by atoms with Crippen LogP contribution < -0.4 is 5.32 Å². The number of benzene rings is 1. The highest BCUT2D eigenvalue weighted by Crippen LogP contribution is 2.28. The fourth-order valence-electron chi connectivity index (χ4n) is 2.99. The zero-order valence-electron chi connectivity index (χ0n) is 12.8. The lowest BCUT2D eigenvalue weighted by molar-refractivity contribution is -0.116. The van der Waals surface area contributed by atoms with E-state index in [9.17, 15) is 4.79 Å². The van der Waals surface area contributed by atoms with Crippen molar-refractivity contribution in [1.29, 1.82) is 0 Å². The molecule has 1 aromatic rings. The van der Waals surface area contributed by atoms with Crippen LogP contribution in [-0.4, -0.2) is 5.91 Å². The van der Waals surface area contributed by atoms with Crippen LogP contribution in [0.4, 0.5) is 5.69 Å². The lowest BCUT2D eigenvalue weighted by atomic mass is 9.98. The van der Waals surface area contributed by atoms with Gasteiger partial charge in [0, 0.05) is 12.1 Å². The fraction of sp³-hybridized carbons (Fsp3) is 0.611. The SMILES string of the molecule is CCC(C)c1ccc(NC(=O)CCC2CCCC2)cc1. The summed E-state index contributed by atoms with van der Waals surface area (Å²) >= 11 is 0. The molecule has 0 radical (unpaired) electrons. The molecule has 0 aromatic heterocycles. The van der Waals surface area contributed by atoms with Crippen LogP contribution in [0.15, 0.2) is 24.3 Å². The van der Waals surface area contributed by atoms with Crippen molar-refractivity contribution >= 4 is 11.6 Å². The van der Waals surface area contributed by atoms with Gasteiger partial charge in [-0.1, -0.05) is 51.7 Å². The van der Waals surface area contributed by atoms with Crippen LogP contribution in [0, 0.1) is 5.92 Å². The molecule has 1 fully saturated rings. The molecule has 1 saturated carbocycles. The third kappa shape index (κ3) is 4.36. The van der Waals surface area contributed by atoms with Crippen LogP contribution in [-0.2, 0) is 4.79 Å². The van der Waals surface area contributed by atoms with Gasteiger partial charge >= 0.3 is 0 Å². The molecule has 0 bridgehead atoms. The van der Waals surface area contributed by atoms with Crippen molar-refractivity contribution in [2.75, 3.05) is 5.32 Å². The van der Waals surface area contributed by atoms with Gasteiger partial charge in [-0.05, 0) is 42.4 Å². The van der Waals surface area contributed by atoms with Crippen LogP contribution in [0.1, 0.15) is 70.3 Å². The molecule has 0 saturated heterocycles. The molecular weight excluding hydrogens is 246 g/mol. The number of carbonyl (C=O) groups is 1. The summed E-state index contributed by atoms with van der Waals surface area (Å²) in [5.41, 5.74) is 2.27. The highest BCUT2D eigenvalue weighted by Gasteiger charge is 2.16. The Morgan fingerprint density at radius 1 is 1.25 bits per heavy atom. The van der Waals surface area contributed by atoms with Gasteiger partial charge in [0.2, 0.25) is 5.91 Å². The molecule has 20 heavy (non-hydrogen) atoms. The van der Waals surface area contributed by atoms with Gasteiger partial charge in [-0.2, -0.15) is 0 Å². The molecular formula is C18H27NO. The Morgan fingerprint density at radius 3 is 2.50 bits per heavy atom. The first-order valence-corrected chi connectivity index (χ1v) is 8.09. The average Bonchev–Trinajstić information content (AvgIpc) is 2.98. The minimum absolute atomic E-state index is 0.160. The van der Waals surface area contributed by atoms with Crippen LogP contribution >= 0.6 is 0 Å². The summed E-state index contributed by atoms with van der Waals surface area (Å²) in [4.78, 5) is 11.9. The van der Waals surface area contributed by atoms with Crippen LogP contribution in [0.25, 0.3) is 0 Å². The van der Waals surface area contributed by atoms with Gasteiger partial charge in [0.15, 0.2) is 0 Å². The Balaban J connectivity index is 1.78. The summed E-state index contributed by atoms with van der Waals surface area (Å²) in [6, 6.07) is 8.30. The van der Waals surface area contributed by atoms with E-state index in [-0.39, 0.29) is 5.91 Å².